The van der Waals surface area contributed by atoms with Crippen LogP contribution < -0.4 is 0 Å². The Bertz CT molecular complexity index is 577. The highest BCUT2D eigenvalue weighted by molar-refractivity contribution is 5.09. The molecule has 0 amide bonds. The zero-order valence-corrected chi connectivity index (χ0v) is 23.5. The van der Waals surface area contributed by atoms with Gasteiger partial charge in [-0.3, -0.25) is 4.90 Å². The van der Waals surface area contributed by atoms with Gasteiger partial charge in [-0.1, -0.05) is 59.3 Å². The first-order valence-corrected chi connectivity index (χ1v) is 13.6. The summed E-state index contributed by atoms with van der Waals surface area (Å²) in [4.78, 5) is 2.30. The molecule has 0 aliphatic carbocycles. The van der Waals surface area contributed by atoms with Gasteiger partial charge in [-0.25, -0.2) is 0 Å². The number of β-amino-alcohol motifs (C(OH)–C–C–N with tert-alkyl or cyclic N) is 1. The molecule has 2 unspecified atom stereocenters. The Labute approximate surface area is 210 Å². The molecule has 1 N–H and O–H groups in total. The minimum Gasteiger partial charge on any atom is -0.392 e. The Morgan fingerprint density at radius 2 is 1.47 bits per heavy atom. The molecular formula is C29H55NO4. The fourth-order valence-electron chi connectivity index (χ4n) is 4.19. The van der Waals surface area contributed by atoms with Crippen LogP contribution in [0, 0.1) is 23.7 Å². The standard InChI is InChI=1S/C8H14O.C7H15NO.C7H14O.C7H12O/c1-7(2)8-3-5-9-6-4-8;1-6(2)8-4-3-7(9)5-8;2*1-6(2)7-3-4-8-5-7/h3,7H,4-6H2,1-2H3;6-7,9H,3-5H2,1-2H3;6-7H,3-5H2,1-2H3;3,6H,4-5H2,1-2H3. The van der Waals surface area contributed by atoms with Crippen molar-refractivity contribution >= 4 is 0 Å². The first-order chi connectivity index (χ1) is 16.1. The lowest BCUT2D eigenvalue weighted by Crippen LogP contribution is -2.28. The summed E-state index contributed by atoms with van der Waals surface area (Å²) >= 11 is 0. The molecule has 0 spiro atoms. The number of ether oxygens (including phenoxy) is 3. The van der Waals surface area contributed by atoms with Gasteiger partial charge in [0, 0.05) is 32.3 Å². The van der Waals surface area contributed by atoms with Gasteiger partial charge < -0.3 is 19.3 Å². The summed E-state index contributed by atoms with van der Waals surface area (Å²) < 4.78 is 15.5. The van der Waals surface area contributed by atoms with E-state index in [1.165, 1.54) is 12.0 Å². The highest BCUT2D eigenvalue weighted by Crippen LogP contribution is 2.20. The topological polar surface area (TPSA) is 51.2 Å². The summed E-state index contributed by atoms with van der Waals surface area (Å²) in [6, 6.07) is 0.599. The van der Waals surface area contributed by atoms with E-state index in [2.05, 4.69) is 72.4 Å². The third-order valence-electron chi connectivity index (χ3n) is 7.05. The van der Waals surface area contributed by atoms with Gasteiger partial charge in [-0.05, 0) is 62.4 Å². The maximum absolute atomic E-state index is 9.11. The maximum atomic E-state index is 9.11. The zero-order chi connectivity index (χ0) is 25.5. The van der Waals surface area contributed by atoms with Gasteiger partial charge in [-0.2, -0.15) is 0 Å². The normalized spacial score (nSPS) is 24.9. The molecule has 4 aliphatic heterocycles. The number of likely N-dealkylation sites (tertiary alicyclic amines) is 1. The number of hydrogen-bond acceptors (Lipinski definition) is 5. The van der Waals surface area contributed by atoms with E-state index in [9.17, 15) is 0 Å². The molecule has 5 nitrogen and oxygen atoms in total. The lowest BCUT2D eigenvalue weighted by atomic mass is 9.96. The Morgan fingerprint density at radius 3 is 1.74 bits per heavy atom. The van der Waals surface area contributed by atoms with Crippen molar-refractivity contribution in [2.45, 2.75) is 86.8 Å². The van der Waals surface area contributed by atoms with Crippen LogP contribution in [0.25, 0.3) is 0 Å². The van der Waals surface area contributed by atoms with Gasteiger partial charge in [0.1, 0.15) is 0 Å². The van der Waals surface area contributed by atoms with E-state index in [-0.39, 0.29) is 6.10 Å². The molecule has 0 bridgehead atoms. The monoisotopic (exact) mass is 481 g/mol. The van der Waals surface area contributed by atoms with Gasteiger partial charge in [-0.15, -0.1) is 0 Å². The van der Waals surface area contributed by atoms with Crippen molar-refractivity contribution in [1.29, 1.82) is 0 Å². The maximum Gasteiger partial charge on any atom is 0.0684 e. The minimum absolute atomic E-state index is 0.0626. The van der Waals surface area contributed by atoms with E-state index in [1.807, 2.05) is 0 Å². The van der Waals surface area contributed by atoms with Crippen LogP contribution in [0.2, 0.25) is 0 Å². The first-order valence-electron chi connectivity index (χ1n) is 13.6. The summed E-state index contributed by atoms with van der Waals surface area (Å²) in [5.41, 5.74) is 3.01. The predicted octanol–water partition coefficient (Wildman–Crippen LogP) is 5.73. The molecule has 4 heterocycles. The molecule has 2 fully saturated rings. The van der Waals surface area contributed by atoms with Crippen LogP contribution in [0.3, 0.4) is 0 Å². The largest absolute Gasteiger partial charge is 0.392 e. The Hall–Kier alpha value is -0.720. The second-order valence-corrected chi connectivity index (χ2v) is 11.1. The molecule has 2 atom stereocenters. The quantitative estimate of drug-likeness (QED) is 0.520. The summed E-state index contributed by atoms with van der Waals surface area (Å²) in [6.07, 6.45) is 7.68. The second-order valence-electron chi connectivity index (χ2n) is 11.1. The number of hydrogen-bond donors (Lipinski definition) is 1. The highest BCUT2D eigenvalue weighted by Gasteiger charge is 2.21. The summed E-state index contributed by atoms with van der Waals surface area (Å²) in [5.74, 6) is 3.05. The van der Waals surface area contributed by atoms with Gasteiger partial charge in [0.25, 0.3) is 0 Å². The van der Waals surface area contributed by atoms with Gasteiger partial charge >= 0.3 is 0 Å². The minimum atomic E-state index is -0.0626. The molecule has 34 heavy (non-hydrogen) atoms. The number of rotatable bonds is 4. The summed E-state index contributed by atoms with van der Waals surface area (Å²) in [5, 5.41) is 9.11. The molecule has 0 aromatic rings. The second kappa shape index (κ2) is 17.7. The van der Waals surface area contributed by atoms with Crippen molar-refractivity contribution in [3.8, 4) is 0 Å². The number of nitrogens with zero attached hydrogens (tertiary/aromatic N) is 1. The van der Waals surface area contributed by atoms with Crippen LogP contribution >= 0.6 is 0 Å². The van der Waals surface area contributed by atoms with E-state index in [0.29, 0.717) is 17.9 Å². The average molecular weight is 482 g/mol. The lowest BCUT2D eigenvalue weighted by Gasteiger charge is -2.18. The van der Waals surface area contributed by atoms with Gasteiger partial charge in [0.15, 0.2) is 0 Å². The fourth-order valence-corrected chi connectivity index (χ4v) is 4.19. The number of aliphatic hydroxyl groups excluding tert-OH is 1. The smallest absolute Gasteiger partial charge is 0.0684 e. The Kier molecular flexibility index (Phi) is 16.3. The van der Waals surface area contributed by atoms with Gasteiger partial charge in [0.2, 0.25) is 0 Å². The lowest BCUT2D eigenvalue weighted by molar-refractivity contribution is 0.151. The molecule has 4 aliphatic rings. The third-order valence-corrected chi connectivity index (χ3v) is 7.05. The Morgan fingerprint density at radius 1 is 0.824 bits per heavy atom. The predicted molar refractivity (Wildman–Crippen MR) is 143 cm³/mol. The molecule has 2 saturated heterocycles. The summed E-state index contributed by atoms with van der Waals surface area (Å²) in [6.45, 7) is 25.1. The van der Waals surface area contributed by atoms with E-state index >= 15 is 0 Å². The molecular weight excluding hydrogens is 426 g/mol. The van der Waals surface area contributed by atoms with Crippen molar-refractivity contribution in [2.75, 3.05) is 52.7 Å². The van der Waals surface area contributed by atoms with Crippen LogP contribution in [0.4, 0.5) is 0 Å². The van der Waals surface area contributed by atoms with Crippen molar-refractivity contribution in [1.82, 2.24) is 4.90 Å². The molecule has 4 rings (SSSR count). The molecule has 0 aromatic carbocycles. The van der Waals surface area contributed by atoms with E-state index in [4.69, 9.17) is 19.3 Å². The SMILES string of the molecule is CC(C)C1=CCOC1.CC(C)C1=CCOCC1.CC(C)C1CCOC1.CC(C)N1CCC(O)C1. The van der Waals surface area contributed by atoms with Crippen molar-refractivity contribution < 1.29 is 19.3 Å². The van der Waals surface area contributed by atoms with Gasteiger partial charge in [0.05, 0.1) is 32.5 Å². The molecule has 0 aromatic heterocycles. The van der Waals surface area contributed by atoms with E-state index in [0.717, 1.165) is 77.4 Å². The van der Waals surface area contributed by atoms with Crippen LogP contribution in [-0.4, -0.2) is 74.9 Å². The Balaban J connectivity index is 0.000000227. The molecule has 200 valence electrons. The van der Waals surface area contributed by atoms with Crippen LogP contribution in [0.5, 0.6) is 0 Å². The zero-order valence-electron chi connectivity index (χ0n) is 23.5. The van der Waals surface area contributed by atoms with Crippen LogP contribution in [0.1, 0.15) is 74.7 Å². The molecule has 5 heteroatoms. The molecule has 0 radical (unpaired) electrons. The van der Waals surface area contributed by atoms with Crippen molar-refractivity contribution in [2.24, 2.45) is 23.7 Å². The van der Waals surface area contributed by atoms with Crippen molar-refractivity contribution in [3.63, 3.8) is 0 Å². The van der Waals surface area contributed by atoms with E-state index in [1.54, 1.807) is 5.57 Å². The molecule has 0 saturated carbocycles. The first kappa shape index (κ1) is 31.3. The average Bonchev–Trinajstić information content (AvgIpc) is 3.58. The number of aliphatic hydroxyl groups is 1. The summed E-state index contributed by atoms with van der Waals surface area (Å²) in [7, 11) is 0. The van der Waals surface area contributed by atoms with E-state index < -0.39 is 0 Å². The van der Waals surface area contributed by atoms with Crippen LogP contribution in [0.15, 0.2) is 23.3 Å². The highest BCUT2D eigenvalue weighted by atomic mass is 16.5. The third kappa shape index (κ3) is 13.4. The fraction of sp³-hybridized carbons (Fsp3) is 0.862. The van der Waals surface area contributed by atoms with Crippen LogP contribution in [-0.2, 0) is 14.2 Å². The van der Waals surface area contributed by atoms with Crippen molar-refractivity contribution in [3.05, 3.63) is 23.3 Å².